The van der Waals surface area contributed by atoms with Crippen molar-refractivity contribution in [1.29, 1.82) is 0 Å². The molecule has 0 bridgehead atoms. The predicted molar refractivity (Wildman–Crippen MR) is 78.0 cm³/mol. The van der Waals surface area contributed by atoms with Crippen LogP contribution in [-0.4, -0.2) is 41.9 Å². The van der Waals surface area contributed by atoms with Crippen molar-refractivity contribution < 1.29 is 9.59 Å². The lowest BCUT2D eigenvalue weighted by Crippen LogP contribution is -2.46. The Hall–Kier alpha value is -1.10. The molecule has 1 heterocycles. The van der Waals surface area contributed by atoms with Crippen LogP contribution in [0.1, 0.15) is 51.9 Å². The number of nitrogens with two attached hydrogens (primary N) is 1. The second-order valence-corrected chi connectivity index (χ2v) is 6.51. The second-order valence-electron chi connectivity index (χ2n) is 6.51. The molecular weight excluding hydrogens is 254 g/mol. The van der Waals surface area contributed by atoms with Crippen molar-refractivity contribution in [2.45, 2.75) is 57.4 Å². The molecule has 1 saturated heterocycles. The molecule has 0 radical (unpaired) electrons. The highest BCUT2D eigenvalue weighted by molar-refractivity contribution is 5.77. The maximum atomic E-state index is 12.3. The average molecular weight is 281 g/mol. The Labute approximate surface area is 121 Å². The Morgan fingerprint density at radius 3 is 2.40 bits per heavy atom. The van der Waals surface area contributed by atoms with Crippen molar-refractivity contribution in [3.05, 3.63) is 0 Å². The number of amides is 2. The summed E-state index contributed by atoms with van der Waals surface area (Å²) in [6.45, 7) is 3.89. The zero-order valence-corrected chi connectivity index (χ0v) is 12.5. The molecule has 0 atom stereocenters. The Balaban J connectivity index is 1.73. The number of hydrogen-bond acceptors (Lipinski definition) is 3. The quantitative estimate of drug-likeness (QED) is 0.808. The Morgan fingerprint density at radius 2 is 1.85 bits per heavy atom. The monoisotopic (exact) mass is 281 g/mol. The summed E-state index contributed by atoms with van der Waals surface area (Å²) in [5, 5.41) is 2.86. The highest BCUT2D eigenvalue weighted by atomic mass is 16.2. The number of carbonyl (C=O) groups is 2. The third-order valence-corrected chi connectivity index (χ3v) is 4.71. The zero-order valence-electron chi connectivity index (χ0n) is 12.5. The summed E-state index contributed by atoms with van der Waals surface area (Å²) in [6, 6.07) is 0. The summed E-state index contributed by atoms with van der Waals surface area (Å²) in [7, 11) is 0. The lowest BCUT2D eigenvalue weighted by Gasteiger charge is -2.34. The first-order valence-corrected chi connectivity index (χ1v) is 7.80. The van der Waals surface area contributed by atoms with Gasteiger partial charge in [0, 0.05) is 38.5 Å². The first-order chi connectivity index (χ1) is 9.48. The number of likely N-dealkylation sites (tertiary alicyclic amines) is 1. The molecular formula is C15H27N3O2. The number of nitrogens with one attached hydrogen (secondary N) is 1. The van der Waals surface area contributed by atoms with Gasteiger partial charge in [0.05, 0.1) is 0 Å². The van der Waals surface area contributed by atoms with Gasteiger partial charge in [-0.2, -0.15) is 0 Å². The molecule has 2 amide bonds. The van der Waals surface area contributed by atoms with E-state index < -0.39 is 0 Å². The average Bonchev–Trinajstić information content (AvgIpc) is 2.83. The molecule has 20 heavy (non-hydrogen) atoms. The van der Waals surface area contributed by atoms with E-state index >= 15 is 0 Å². The van der Waals surface area contributed by atoms with Gasteiger partial charge in [-0.3, -0.25) is 9.59 Å². The van der Waals surface area contributed by atoms with Gasteiger partial charge >= 0.3 is 0 Å². The molecule has 1 saturated carbocycles. The van der Waals surface area contributed by atoms with Crippen LogP contribution in [0.25, 0.3) is 0 Å². The van der Waals surface area contributed by atoms with Crippen LogP contribution in [0.15, 0.2) is 0 Å². The van der Waals surface area contributed by atoms with E-state index in [1.165, 1.54) is 0 Å². The number of nitrogens with zero attached hydrogens (tertiary/aromatic N) is 1. The molecule has 0 aromatic carbocycles. The highest BCUT2D eigenvalue weighted by Gasteiger charge is 2.34. The van der Waals surface area contributed by atoms with Gasteiger partial charge in [-0.05, 0) is 31.6 Å². The van der Waals surface area contributed by atoms with Gasteiger partial charge in [0.1, 0.15) is 0 Å². The standard InChI is InChI=1S/C15H27N3O2/c1-12(19)17-11-13-4-8-18(9-5-13)14(20)10-15(16)6-2-3-7-15/h13H,2-11,16H2,1H3,(H,17,19). The van der Waals surface area contributed by atoms with Crippen molar-refractivity contribution in [2.24, 2.45) is 11.7 Å². The van der Waals surface area contributed by atoms with Crippen LogP contribution in [-0.2, 0) is 9.59 Å². The molecule has 0 aromatic rings. The van der Waals surface area contributed by atoms with Crippen molar-refractivity contribution in [3.8, 4) is 0 Å². The second kappa shape index (κ2) is 6.57. The molecule has 1 aliphatic heterocycles. The maximum Gasteiger partial charge on any atom is 0.224 e. The van der Waals surface area contributed by atoms with Gasteiger partial charge in [-0.1, -0.05) is 12.8 Å². The van der Waals surface area contributed by atoms with Gasteiger partial charge < -0.3 is 16.0 Å². The first kappa shape index (κ1) is 15.3. The molecule has 2 fully saturated rings. The van der Waals surface area contributed by atoms with Crippen molar-refractivity contribution in [2.75, 3.05) is 19.6 Å². The molecule has 1 aliphatic carbocycles. The molecule has 5 nitrogen and oxygen atoms in total. The van der Waals surface area contributed by atoms with E-state index in [1.807, 2.05) is 4.90 Å². The van der Waals surface area contributed by atoms with Gasteiger partial charge in [0.25, 0.3) is 0 Å². The Kier molecular flexibility index (Phi) is 5.02. The van der Waals surface area contributed by atoms with Crippen LogP contribution in [0.2, 0.25) is 0 Å². The van der Waals surface area contributed by atoms with Gasteiger partial charge in [0.2, 0.25) is 11.8 Å². The lowest BCUT2D eigenvalue weighted by atomic mass is 9.92. The maximum absolute atomic E-state index is 12.3. The number of hydrogen-bond donors (Lipinski definition) is 2. The molecule has 0 spiro atoms. The van der Waals surface area contributed by atoms with Crippen LogP contribution in [0.4, 0.5) is 0 Å². The van der Waals surface area contributed by atoms with E-state index in [0.29, 0.717) is 12.3 Å². The van der Waals surface area contributed by atoms with E-state index in [2.05, 4.69) is 5.32 Å². The molecule has 5 heteroatoms. The summed E-state index contributed by atoms with van der Waals surface area (Å²) in [4.78, 5) is 25.2. The Bertz CT molecular complexity index is 356. The van der Waals surface area contributed by atoms with Crippen molar-refractivity contribution in [1.82, 2.24) is 10.2 Å². The van der Waals surface area contributed by atoms with E-state index in [-0.39, 0.29) is 17.4 Å². The third-order valence-electron chi connectivity index (χ3n) is 4.71. The van der Waals surface area contributed by atoms with Gasteiger partial charge in [-0.15, -0.1) is 0 Å². The zero-order chi connectivity index (χ0) is 14.6. The third kappa shape index (κ3) is 4.20. The molecule has 3 N–H and O–H groups in total. The van der Waals surface area contributed by atoms with Crippen LogP contribution >= 0.6 is 0 Å². The first-order valence-electron chi connectivity index (χ1n) is 7.80. The number of rotatable bonds is 4. The smallest absolute Gasteiger partial charge is 0.224 e. The van der Waals surface area contributed by atoms with Gasteiger partial charge in [0.15, 0.2) is 0 Å². The van der Waals surface area contributed by atoms with Crippen molar-refractivity contribution in [3.63, 3.8) is 0 Å². The molecule has 114 valence electrons. The predicted octanol–water partition coefficient (Wildman–Crippen LogP) is 1.02. The fourth-order valence-electron chi connectivity index (χ4n) is 3.34. The van der Waals surface area contributed by atoms with Crippen molar-refractivity contribution >= 4 is 11.8 Å². The van der Waals surface area contributed by atoms with E-state index in [1.54, 1.807) is 6.92 Å². The summed E-state index contributed by atoms with van der Waals surface area (Å²) < 4.78 is 0. The summed E-state index contributed by atoms with van der Waals surface area (Å²) in [5.41, 5.74) is 6.03. The highest BCUT2D eigenvalue weighted by Crippen LogP contribution is 2.31. The number of carbonyl (C=O) groups excluding carboxylic acids is 2. The van der Waals surface area contributed by atoms with Crippen LogP contribution in [0.5, 0.6) is 0 Å². The van der Waals surface area contributed by atoms with E-state index in [4.69, 9.17) is 5.73 Å². The van der Waals surface area contributed by atoms with Gasteiger partial charge in [-0.25, -0.2) is 0 Å². The van der Waals surface area contributed by atoms with E-state index in [9.17, 15) is 9.59 Å². The topological polar surface area (TPSA) is 75.4 Å². The molecule has 0 aromatic heterocycles. The Morgan fingerprint density at radius 1 is 1.25 bits per heavy atom. The minimum absolute atomic E-state index is 0.0230. The van der Waals surface area contributed by atoms with Crippen LogP contribution < -0.4 is 11.1 Å². The lowest BCUT2D eigenvalue weighted by molar-refractivity contribution is -0.134. The minimum atomic E-state index is -0.246. The fraction of sp³-hybridized carbons (Fsp3) is 0.867. The summed E-state index contributed by atoms with van der Waals surface area (Å²) >= 11 is 0. The van der Waals surface area contributed by atoms with Crippen LogP contribution in [0, 0.1) is 5.92 Å². The SMILES string of the molecule is CC(=O)NCC1CCN(C(=O)CC2(N)CCCC2)CC1. The summed E-state index contributed by atoms with van der Waals surface area (Å²) in [5.74, 6) is 0.739. The summed E-state index contributed by atoms with van der Waals surface area (Å²) in [6.07, 6.45) is 6.73. The largest absolute Gasteiger partial charge is 0.356 e. The molecule has 2 rings (SSSR count). The molecule has 2 aliphatic rings. The van der Waals surface area contributed by atoms with Crippen LogP contribution in [0.3, 0.4) is 0 Å². The minimum Gasteiger partial charge on any atom is -0.356 e. The normalized spacial score (nSPS) is 22.8. The van der Waals surface area contributed by atoms with E-state index in [0.717, 1.165) is 58.2 Å². The fourth-order valence-corrected chi connectivity index (χ4v) is 3.34. The number of piperidine rings is 1. The molecule has 0 unspecified atom stereocenters.